The molecule has 0 radical (unpaired) electrons. The van der Waals surface area contributed by atoms with E-state index in [9.17, 15) is 0 Å². The molecule has 2 unspecified atom stereocenters. The van der Waals surface area contributed by atoms with Gasteiger partial charge in [-0.25, -0.2) is 0 Å². The van der Waals surface area contributed by atoms with Crippen LogP contribution in [0.1, 0.15) is 64.7 Å². The van der Waals surface area contributed by atoms with Gasteiger partial charge in [0.15, 0.2) is 0 Å². The first-order valence-electron chi connectivity index (χ1n) is 9.04. The molecule has 0 spiro atoms. The number of likely N-dealkylation sites (tertiary alicyclic amines) is 1. The minimum Gasteiger partial charge on any atom is -0.314 e. The molecule has 0 bridgehead atoms. The van der Waals surface area contributed by atoms with Gasteiger partial charge in [0.2, 0.25) is 0 Å². The highest BCUT2D eigenvalue weighted by atomic mass is 15.1. The Bertz CT molecular complexity index is 230. The fraction of sp³-hybridized carbons (Fsp3) is 1.00. The smallest absolute Gasteiger partial charge is 0.00817 e. The molecule has 0 aliphatic carbocycles. The van der Waals surface area contributed by atoms with Crippen LogP contribution in [-0.4, -0.2) is 49.7 Å². The molecule has 0 amide bonds. The zero-order valence-corrected chi connectivity index (χ0v) is 13.5. The highest BCUT2D eigenvalue weighted by Gasteiger charge is 2.14. The average molecular weight is 281 g/mol. The monoisotopic (exact) mass is 281 g/mol. The Morgan fingerprint density at radius 3 is 2.75 bits per heavy atom. The maximum Gasteiger partial charge on any atom is 0.00817 e. The van der Waals surface area contributed by atoms with Gasteiger partial charge in [0.25, 0.3) is 0 Å². The van der Waals surface area contributed by atoms with Crippen molar-refractivity contribution in [2.24, 2.45) is 0 Å². The second-order valence-corrected chi connectivity index (χ2v) is 6.85. The fourth-order valence-corrected chi connectivity index (χ4v) is 3.65. The predicted molar refractivity (Wildman–Crippen MR) is 87.2 cm³/mol. The highest BCUT2D eigenvalue weighted by Crippen LogP contribution is 2.12. The van der Waals surface area contributed by atoms with Crippen molar-refractivity contribution in [3.8, 4) is 0 Å². The number of piperidine rings is 1. The number of nitrogens with one attached hydrogen (secondary N) is 2. The lowest BCUT2D eigenvalue weighted by molar-refractivity contribution is 0.224. The molecule has 0 aromatic rings. The first-order valence-corrected chi connectivity index (χ1v) is 9.04. The lowest BCUT2D eigenvalue weighted by atomic mass is 10.0. The summed E-state index contributed by atoms with van der Waals surface area (Å²) in [5.41, 5.74) is 0. The summed E-state index contributed by atoms with van der Waals surface area (Å²) in [5.74, 6) is 0. The molecule has 3 heteroatoms. The SMILES string of the molecule is CC(CC1CCCCCN1)NCCCN1CCCCC1. The van der Waals surface area contributed by atoms with Gasteiger partial charge >= 0.3 is 0 Å². The molecule has 20 heavy (non-hydrogen) atoms. The van der Waals surface area contributed by atoms with Gasteiger partial charge in [-0.15, -0.1) is 0 Å². The topological polar surface area (TPSA) is 27.3 Å². The van der Waals surface area contributed by atoms with Crippen molar-refractivity contribution >= 4 is 0 Å². The molecule has 0 aromatic carbocycles. The third kappa shape index (κ3) is 6.55. The maximum absolute atomic E-state index is 3.72. The molecule has 2 saturated heterocycles. The molecule has 0 saturated carbocycles. The predicted octanol–water partition coefficient (Wildman–Crippen LogP) is 2.76. The van der Waals surface area contributed by atoms with Gasteiger partial charge in [-0.1, -0.05) is 19.3 Å². The van der Waals surface area contributed by atoms with E-state index < -0.39 is 0 Å². The zero-order chi connectivity index (χ0) is 14.0. The van der Waals surface area contributed by atoms with E-state index in [0.29, 0.717) is 6.04 Å². The zero-order valence-electron chi connectivity index (χ0n) is 13.5. The Morgan fingerprint density at radius 2 is 1.90 bits per heavy atom. The minimum atomic E-state index is 0.659. The van der Waals surface area contributed by atoms with E-state index in [-0.39, 0.29) is 0 Å². The summed E-state index contributed by atoms with van der Waals surface area (Å²) in [4.78, 5) is 2.64. The fourth-order valence-electron chi connectivity index (χ4n) is 3.65. The van der Waals surface area contributed by atoms with Crippen LogP contribution in [0.3, 0.4) is 0 Å². The highest BCUT2D eigenvalue weighted by molar-refractivity contribution is 4.76. The molecule has 0 aromatic heterocycles. The van der Waals surface area contributed by atoms with Gasteiger partial charge < -0.3 is 15.5 Å². The summed E-state index contributed by atoms with van der Waals surface area (Å²) in [6, 6.07) is 1.41. The first kappa shape index (κ1) is 16.3. The van der Waals surface area contributed by atoms with Crippen LogP contribution in [0.5, 0.6) is 0 Å². The largest absolute Gasteiger partial charge is 0.314 e. The standard InChI is InChI=1S/C17H35N3/c1-16(15-17-9-4-2-5-10-19-17)18-11-8-14-20-12-6-3-7-13-20/h16-19H,2-15H2,1H3. The third-order valence-corrected chi connectivity index (χ3v) is 4.89. The Balaban J connectivity index is 1.49. The minimum absolute atomic E-state index is 0.659. The van der Waals surface area contributed by atoms with Crippen LogP contribution in [0.4, 0.5) is 0 Å². The van der Waals surface area contributed by atoms with E-state index in [1.165, 1.54) is 90.5 Å². The summed E-state index contributed by atoms with van der Waals surface area (Å²) in [6.07, 6.45) is 12.5. The van der Waals surface area contributed by atoms with Crippen LogP contribution in [0.15, 0.2) is 0 Å². The summed E-state index contributed by atoms with van der Waals surface area (Å²) >= 11 is 0. The van der Waals surface area contributed by atoms with Crippen molar-refractivity contribution in [1.82, 2.24) is 15.5 Å². The normalized spacial score (nSPS) is 27.1. The molecule has 2 rings (SSSR count). The first-order chi connectivity index (χ1) is 9.84. The third-order valence-electron chi connectivity index (χ3n) is 4.89. The van der Waals surface area contributed by atoms with Crippen molar-refractivity contribution in [2.75, 3.05) is 32.7 Å². The molecule has 3 nitrogen and oxygen atoms in total. The van der Waals surface area contributed by atoms with Gasteiger partial charge in [0.05, 0.1) is 0 Å². The summed E-state index contributed by atoms with van der Waals surface area (Å²) in [6.45, 7) is 8.73. The van der Waals surface area contributed by atoms with Gasteiger partial charge in [-0.3, -0.25) is 0 Å². The number of nitrogens with zero attached hydrogens (tertiary/aromatic N) is 1. The van der Waals surface area contributed by atoms with E-state index in [4.69, 9.17) is 0 Å². The summed E-state index contributed by atoms with van der Waals surface area (Å²) < 4.78 is 0. The van der Waals surface area contributed by atoms with Gasteiger partial charge in [0, 0.05) is 12.1 Å². The Hall–Kier alpha value is -0.120. The van der Waals surface area contributed by atoms with Crippen molar-refractivity contribution in [2.45, 2.75) is 76.8 Å². The quantitative estimate of drug-likeness (QED) is 0.703. The van der Waals surface area contributed by atoms with Crippen molar-refractivity contribution in [1.29, 1.82) is 0 Å². The van der Waals surface area contributed by atoms with Crippen LogP contribution in [-0.2, 0) is 0 Å². The van der Waals surface area contributed by atoms with E-state index in [2.05, 4.69) is 22.5 Å². The van der Waals surface area contributed by atoms with Gasteiger partial charge in [-0.05, 0) is 78.2 Å². The summed E-state index contributed by atoms with van der Waals surface area (Å²) in [5, 5.41) is 7.43. The molecule has 2 atom stereocenters. The van der Waals surface area contributed by atoms with Crippen LogP contribution in [0.25, 0.3) is 0 Å². The molecule has 2 heterocycles. The van der Waals surface area contributed by atoms with Crippen LogP contribution in [0.2, 0.25) is 0 Å². The van der Waals surface area contributed by atoms with Gasteiger partial charge in [0.1, 0.15) is 0 Å². The molecule has 2 fully saturated rings. The molecule has 2 aliphatic heterocycles. The second kappa shape index (κ2) is 9.75. The van der Waals surface area contributed by atoms with E-state index in [1.54, 1.807) is 0 Å². The van der Waals surface area contributed by atoms with Crippen molar-refractivity contribution in [3.63, 3.8) is 0 Å². The van der Waals surface area contributed by atoms with Crippen LogP contribution in [0, 0.1) is 0 Å². The Kier molecular flexibility index (Phi) is 7.92. The molecular weight excluding hydrogens is 246 g/mol. The van der Waals surface area contributed by atoms with Crippen LogP contribution >= 0.6 is 0 Å². The lowest BCUT2D eigenvalue weighted by Gasteiger charge is -2.27. The molecule has 118 valence electrons. The van der Waals surface area contributed by atoms with E-state index in [0.717, 1.165) is 6.04 Å². The summed E-state index contributed by atoms with van der Waals surface area (Å²) in [7, 11) is 0. The average Bonchev–Trinajstić information content (AvgIpc) is 2.73. The number of hydrogen-bond donors (Lipinski definition) is 2. The van der Waals surface area contributed by atoms with Gasteiger partial charge in [-0.2, -0.15) is 0 Å². The van der Waals surface area contributed by atoms with Crippen LogP contribution < -0.4 is 10.6 Å². The Labute approximate surface area is 125 Å². The van der Waals surface area contributed by atoms with Crippen molar-refractivity contribution < 1.29 is 0 Å². The number of rotatable bonds is 7. The maximum atomic E-state index is 3.72. The second-order valence-electron chi connectivity index (χ2n) is 6.85. The lowest BCUT2D eigenvalue weighted by Crippen LogP contribution is -2.38. The Morgan fingerprint density at radius 1 is 1.10 bits per heavy atom. The molecule has 2 aliphatic rings. The molecular formula is C17H35N3. The van der Waals surface area contributed by atoms with Crippen molar-refractivity contribution in [3.05, 3.63) is 0 Å². The van der Waals surface area contributed by atoms with E-state index >= 15 is 0 Å². The number of hydrogen-bond acceptors (Lipinski definition) is 3. The molecule has 2 N–H and O–H groups in total. The van der Waals surface area contributed by atoms with E-state index in [1.807, 2.05) is 0 Å².